The Hall–Kier alpha value is -0.930. The molecule has 0 bridgehead atoms. The highest BCUT2D eigenvalue weighted by atomic mass is 19.1. The standard InChI is InChI=1S/C12H16FNO/c1-9(14(2)7-10-8-15-10)11-5-3-4-6-12(11)13/h3-6,9-10H,7-8H2,1-2H3. The number of rotatable bonds is 4. The summed E-state index contributed by atoms with van der Waals surface area (Å²) in [5, 5.41) is 0. The largest absolute Gasteiger partial charge is 0.372 e. The minimum absolute atomic E-state index is 0.0930. The number of hydrogen-bond donors (Lipinski definition) is 0. The molecule has 0 radical (unpaired) electrons. The summed E-state index contributed by atoms with van der Waals surface area (Å²) in [7, 11) is 2.00. The molecule has 0 aliphatic carbocycles. The van der Waals surface area contributed by atoms with Crippen molar-refractivity contribution >= 4 is 0 Å². The van der Waals surface area contributed by atoms with E-state index in [2.05, 4.69) is 4.90 Å². The Morgan fingerprint density at radius 1 is 1.53 bits per heavy atom. The molecule has 1 heterocycles. The maximum absolute atomic E-state index is 13.5. The summed E-state index contributed by atoms with van der Waals surface area (Å²) in [5.74, 6) is -0.131. The normalized spacial score (nSPS) is 21.7. The number of halogens is 1. The molecule has 82 valence electrons. The third-order valence-electron chi connectivity index (χ3n) is 2.91. The third-order valence-corrected chi connectivity index (χ3v) is 2.91. The first-order chi connectivity index (χ1) is 7.18. The molecule has 0 saturated carbocycles. The van der Waals surface area contributed by atoms with Crippen LogP contribution in [-0.4, -0.2) is 31.2 Å². The average Bonchev–Trinajstić information content (AvgIpc) is 3.01. The van der Waals surface area contributed by atoms with E-state index in [-0.39, 0.29) is 11.9 Å². The van der Waals surface area contributed by atoms with E-state index in [9.17, 15) is 4.39 Å². The van der Waals surface area contributed by atoms with Gasteiger partial charge in [0.15, 0.2) is 0 Å². The molecule has 1 aliphatic rings. The number of epoxide rings is 1. The van der Waals surface area contributed by atoms with Crippen LogP contribution in [0.5, 0.6) is 0 Å². The fraction of sp³-hybridized carbons (Fsp3) is 0.500. The molecule has 2 nitrogen and oxygen atoms in total. The van der Waals surface area contributed by atoms with Gasteiger partial charge in [-0.25, -0.2) is 4.39 Å². The summed E-state index contributed by atoms with van der Waals surface area (Å²) in [5.41, 5.74) is 0.751. The summed E-state index contributed by atoms with van der Waals surface area (Å²) in [4.78, 5) is 2.12. The van der Waals surface area contributed by atoms with Crippen molar-refractivity contribution in [1.82, 2.24) is 4.90 Å². The molecule has 0 spiro atoms. The highest BCUT2D eigenvalue weighted by molar-refractivity contribution is 5.20. The zero-order valence-electron chi connectivity index (χ0n) is 9.11. The first-order valence-corrected chi connectivity index (χ1v) is 5.24. The summed E-state index contributed by atoms with van der Waals surface area (Å²) >= 11 is 0. The molecule has 1 fully saturated rings. The van der Waals surface area contributed by atoms with Crippen molar-refractivity contribution in [2.45, 2.75) is 19.1 Å². The van der Waals surface area contributed by atoms with Gasteiger partial charge in [-0.2, -0.15) is 0 Å². The fourth-order valence-electron chi connectivity index (χ4n) is 1.70. The van der Waals surface area contributed by atoms with Gasteiger partial charge in [-0.05, 0) is 20.0 Å². The van der Waals surface area contributed by atoms with E-state index in [0.717, 1.165) is 18.7 Å². The van der Waals surface area contributed by atoms with Crippen molar-refractivity contribution in [2.24, 2.45) is 0 Å². The number of benzene rings is 1. The van der Waals surface area contributed by atoms with Gasteiger partial charge >= 0.3 is 0 Å². The van der Waals surface area contributed by atoms with Gasteiger partial charge in [-0.3, -0.25) is 4.90 Å². The first-order valence-electron chi connectivity index (χ1n) is 5.24. The van der Waals surface area contributed by atoms with Gasteiger partial charge in [0.1, 0.15) is 5.82 Å². The van der Waals surface area contributed by atoms with E-state index in [0.29, 0.717) is 6.10 Å². The number of ether oxygens (including phenoxy) is 1. The first kappa shape index (κ1) is 10.6. The lowest BCUT2D eigenvalue weighted by Crippen LogP contribution is -2.27. The van der Waals surface area contributed by atoms with Gasteiger partial charge in [0.25, 0.3) is 0 Å². The average molecular weight is 209 g/mol. The van der Waals surface area contributed by atoms with Crippen LogP contribution < -0.4 is 0 Å². The van der Waals surface area contributed by atoms with E-state index in [1.165, 1.54) is 6.07 Å². The van der Waals surface area contributed by atoms with Crippen LogP contribution in [0.3, 0.4) is 0 Å². The Morgan fingerprint density at radius 2 is 2.20 bits per heavy atom. The molecule has 0 aromatic heterocycles. The molecule has 2 rings (SSSR count). The lowest BCUT2D eigenvalue weighted by molar-refractivity contribution is 0.228. The number of likely N-dealkylation sites (N-methyl/N-ethyl adjacent to an activating group) is 1. The minimum Gasteiger partial charge on any atom is -0.372 e. The Balaban J connectivity index is 2.05. The van der Waals surface area contributed by atoms with Crippen molar-refractivity contribution in [3.63, 3.8) is 0 Å². The van der Waals surface area contributed by atoms with Crippen LogP contribution in [0.25, 0.3) is 0 Å². The van der Waals surface area contributed by atoms with Gasteiger partial charge in [-0.15, -0.1) is 0 Å². The quantitative estimate of drug-likeness (QED) is 0.707. The van der Waals surface area contributed by atoms with Gasteiger partial charge in [0, 0.05) is 18.2 Å². The highest BCUT2D eigenvalue weighted by Crippen LogP contribution is 2.23. The third kappa shape index (κ3) is 2.55. The fourth-order valence-corrected chi connectivity index (χ4v) is 1.70. The molecular weight excluding hydrogens is 193 g/mol. The van der Waals surface area contributed by atoms with Crippen molar-refractivity contribution in [2.75, 3.05) is 20.2 Å². The Labute approximate surface area is 89.7 Å². The molecule has 1 aromatic carbocycles. The van der Waals surface area contributed by atoms with Crippen molar-refractivity contribution in [3.8, 4) is 0 Å². The molecular formula is C12H16FNO. The van der Waals surface area contributed by atoms with E-state index in [1.807, 2.05) is 26.1 Å². The predicted octanol–water partition coefficient (Wildman–Crippen LogP) is 2.22. The number of hydrogen-bond acceptors (Lipinski definition) is 2. The van der Waals surface area contributed by atoms with Crippen molar-refractivity contribution < 1.29 is 9.13 Å². The lowest BCUT2D eigenvalue weighted by Gasteiger charge is -2.24. The molecule has 3 heteroatoms. The molecule has 2 unspecified atom stereocenters. The molecule has 0 N–H and O–H groups in total. The van der Waals surface area contributed by atoms with Gasteiger partial charge in [0.05, 0.1) is 12.7 Å². The van der Waals surface area contributed by atoms with Crippen LogP contribution >= 0.6 is 0 Å². The van der Waals surface area contributed by atoms with Crippen LogP contribution in [0.15, 0.2) is 24.3 Å². The van der Waals surface area contributed by atoms with Gasteiger partial charge < -0.3 is 4.74 Å². The summed E-state index contributed by atoms with van der Waals surface area (Å²) < 4.78 is 18.7. The second-order valence-corrected chi connectivity index (χ2v) is 4.09. The molecule has 2 atom stereocenters. The lowest BCUT2D eigenvalue weighted by atomic mass is 10.1. The van der Waals surface area contributed by atoms with Crippen molar-refractivity contribution in [3.05, 3.63) is 35.6 Å². The SMILES string of the molecule is CC(c1ccccc1F)N(C)CC1CO1. The van der Waals surface area contributed by atoms with E-state index in [1.54, 1.807) is 6.07 Å². The predicted molar refractivity (Wildman–Crippen MR) is 57.2 cm³/mol. The van der Waals surface area contributed by atoms with Crippen LogP contribution in [0.4, 0.5) is 4.39 Å². The summed E-state index contributed by atoms with van der Waals surface area (Å²) in [6, 6.07) is 7.03. The highest BCUT2D eigenvalue weighted by Gasteiger charge is 2.26. The van der Waals surface area contributed by atoms with Crippen LogP contribution in [0, 0.1) is 5.82 Å². The van der Waals surface area contributed by atoms with Gasteiger partial charge in [0.2, 0.25) is 0 Å². The number of nitrogens with zero attached hydrogens (tertiary/aromatic N) is 1. The van der Waals surface area contributed by atoms with E-state index >= 15 is 0 Å². The zero-order chi connectivity index (χ0) is 10.8. The summed E-state index contributed by atoms with van der Waals surface area (Å²) in [6.07, 6.45) is 0.351. The molecule has 0 amide bonds. The minimum atomic E-state index is -0.131. The van der Waals surface area contributed by atoms with Gasteiger partial charge in [-0.1, -0.05) is 18.2 Å². The molecule has 15 heavy (non-hydrogen) atoms. The topological polar surface area (TPSA) is 15.8 Å². The zero-order valence-corrected chi connectivity index (χ0v) is 9.11. The molecule has 1 aliphatic heterocycles. The van der Waals surface area contributed by atoms with Crippen LogP contribution in [0.1, 0.15) is 18.5 Å². The smallest absolute Gasteiger partial charge is 0.127 e. The summed E-state index contributed by atoms with van der Waals surface area (Å²) in [6.45, 7) is 3.73. The maximum atomic E-state index is 13.5. The van der Waals surface area contributed by atoms with Crippen molar-refractivity contribution in [1.29, 1.82) is 0 Å². The molecule has 1 saturated heterocycles. The Kier molecular flexibility index (Phi) is 3.03. The van der Waals surface area contributed by atoms with Crippen LogP contribution in [-0.2, 0) is 4.74 Å². The monoisotopic (exact) mass is 209 g/mol. The van der Waals surface area contributed by atoms with E-state index in [4.69, 9.17) is 4.74 Å². The second-order valence-electron chi connectivity index (χ2n) is 4.09. The second kappa shape index (κ2) is 4.29. The van der Waals surface area contributed by atoms with E-state index < -0.39 is 0 Å². The maximum Gasteiger partial charge on any atom is 0.127 e. The Bertz CT molecular complexity index is 338. The Morgan fingerprint density at radius 3 is 2.80 bits per heavy atom. The van der Waals surface area contributed by atoms with Crippen LogP contribution in [0.2, 0.25) is 0 Å². The molecule has 1 aromatic rings.